The Hall–Kier alpha value is -1.39. The van der Waals surface area contributed by atoms with Crippen LogP contribution in [0.5, 0.6) is 0 Å². The fourth-order valence-corrected chi connectivity index (χ4v) is 4.38. The van der Waals surface area contributed by atoms with Crippen molar-refractivity contribution in [3.05, 3.63) is 45.4 Å². The van der Waals surface area contributed by atoms with Crippen LogP contribution in [0, 0.1) is 5.92 Å². The SMILES string of the molecule is CC1=CC2Cc3[nH]c(=O)ccc3C(N)(C1)C21OC1C. The highest BCUT2D eigenvalue weighted by atomic mass is 16.6. The summed E-state index contributed by atoms with van der Waals surface area (Å²) in [6.45, 7) is 4.23. The second-order valence-electron chi connectivity index (χ2n) is 6.24. The Balaban J connectivity index is 1.99. The van der Waals surface area contributed by atoms with E-state index < -0.39 is 5.54 Å². The van der Waals surface area contributed by atoms with Gasteiger partial charge in [0, 0.05) is 17.7 Å². The summed E-state index contributed by atoms with van der Waals surface area (Å²) in [7, 11) is 0. The molecular weight excluding hydrogens is 240 g/mol. The van der Waals surface area contributed by atoms with Gasteiger partial charge in [0.2, 0.25) is 5.56 Å². The number of H-pyrrole nitrogens is 1. The molecule has 1 fully saturated rings. The molecule has 4 rings (SSSR count). The van der Waals surface area contributed by atoms with Crippen LogP contribution in [0.3, 0.4) is 0 Å². The van der Waals surface area contributed by atoms with Crippen molar-refractivity contribution in [2.45, 2.75) is 43.9 Å². The minimum atomic E-state index is -0.506. The van der Waals surface area contributed by atoms with Crippen LogP contribution in [0.25, 0.3) is 0 Å². The molecule has 19 heavy (non-hydrogen) atoms. The van der Waals surface area contributed by atoms with Crippen molar-refractivity contribution in [3.63, 3.8) is 0 Å². The second kappa shape index (κ2) is 3.19. The molecule has 4 heteroatoms. The van der Waals surface area contributed by atoms with Gasteiger partial charge in [0.1, 0.15) is 5.60 Å². The van der Waals surface area contributed by atoms with Crippen molar-refractivity contribution in [1.29, 1.82) is 0 Å². The van der Waals surface area contributed by atoms with Crippen LogP contribution >= 0.6 is 0 Å². The normalized spacial score (nSPS) is 42.8. The Morgan fingerprint density at radius 1 is 1.47 bits per heavy atom. The Morgan fingerprint density at radius 3 is 2.89 bits per heavy atom. The fraction of sp³-hybridized carbons (Fsp3) is 0.533. The van der Waals surface area contributed by atoms with Crippen LogP contribution in [-0.2, 0) is 16.7 Å². The van der Waals surface area contributed by atoms with E-state index in [1.807, 2.05) is 6.07 Å². The third-order valence-corrected chi connectivity index (χ3v) is 5.12. The summed E-state index contributed by atoms with van der Waals surface area (Å²) in [5.41, 5.74) is 9.33. The fourth-order valence-electron chi connectivity index (χ4n) is 4.38. The molecule has 2 bridgehead atoms. The maximum atomic E-state index is 11.5. The van der Waals surface area contributed by atoms with Crippen molar-refractivity contribution in [2.24, 2.45) is 11.7 Å². The molecule has 100 valence electrons. The lowest BCUT2D eigenvalue weighted by Crippen LogP contribution is -2.60. The number of aromatic amines is 1. The Bertz CT molecular complexity index is 662. The summed E-state index contributed by atoms with van der Waals surface area (Å²) in [6.07, 6.45) is 4.08. The van der Waals surface area contributed by atoms with Gasteiger partial charge in [-0.3, -0.25) is 4.79 Å². The molecule has 1 aromatic rings. The van der Waals surface area contributed by atoms with Gasteiger partial charge in [-0.2, -0.15) is 0 Å². The molecule has 0 radical (unpaired) electrons. The number of pyridine rings is 1. The second-order valence-corrected chi connectivity index (χ2v) is 6.24. The van der Waals surface area contributed by atoms with Gasteiger partial charge in [0.05, 0.1) is 11.6 Å². The third-order valence-electron chi connectivity index (χ3n) is 5.12. The van der Waals surface area contributed by atoms with E-state index in [4.69, 9.17) is 10.5 Å². The number of hydrogen-bond donors (Lipinski definition) is 2. The topological polar surface area (TPSA) is 71.4 Å². The van der Waals surface area contributed by atoms with Crippen LogP contribution in [0.1, 0.15) is 31.5 Å². The maximum Gasteiger partial charge on any atom is 0.248 e. The molecule has 1 spiro atoms. The summed E-state index contributed by atoms with van der Waals surface area (Å²) in [6, 6.07) is 3.46. The molecule has 3 N–H and O–H groups in total. The number of aromatic nitrogens is 1. The molecule has 0 aromatic carbocycles. The molecule has 3 aliphatic rings. The zero-order valence-corrected chi connectivity index (χ0v) is 11.2. The highest BCUT2D eigenvalue weighted by Gasteiger charge is 2.72. The molecule has 1 saturated heterocycles. The molecule has 0 amide bonds. The van der Waals surface area contributed by atoms with Crippen molar-refractivity contribution >= 4 is 0 Å². The molecule has 4 nitrogen and oxygen atoms in total. The molecule has 0 saturated carbocycles. The van der Waals surface area contributed by atoms with E-state index in [1.54, 1.807) is 6.07 Å². The average molecular weight is 258 g/mol. The first kappa shape index (κ1) is 11.4. The summed E-state index contributed by atoms with van der Waals surface area (Å²) < 4.78 is 5.99. The number of hydrogen-bond acceptors (Lipinski definition) is 3. The van der Waals surface area contributed by atoms with Gasteiger partial charge in [-0.25, -0.2) is 0 Å². The highest BCUT2D eigenvalue weighted by Crippen LogP contribution is 2.62. The van der Waals surface area contributed by atoms with E-state index in [0.29, 0.717) is 0 Å². The van der Waals surface area contributed by atoms with E-state index in [9.17, 15) is 4.79 Å². The van der Waals surface area contributed by atoms with E-state index in [1.165, 1.54) is 5.57 Å². The van der Waals surface area contributed by atoms with Crippen LogP contribution in [0.4, 0.5) is 0 Å². The number of epoxide rings is 1. The molecular formula is C15H18N2O2. The first-order chi connectivity index (χ1) is 8.97. The number of rotatable bonds is 0. The molecule has 2 heterocycles. The Labute approximate surface area is 111 Å². The van der Waals surface area contributed by atoms with Crippen molar-refractivity contribution < 1.29 is 4.74 Å². The molecule has 1 aliphatic heterocycles. The Morgan fingerprint density at radius 2 is 2.21 bits per heavy atom. The van der Waals surface area contributed by atoms with Crippen LogP contribution in [0.2, 0.25) is 0 Å². The van der Waals surface area contributed by atoms with E-state index >= 15 is 0 Å². The quantitative estimate of drug-likeness (QED) is 0.542. The largest absolute Gasteiger partial charge is 0.363 e. The van der Waals surface area contributed by atoms with Crippen molar-refractivity contribution in [3.8, 4) is 0 Å². The van der Waals surface area contributed by atoms with E-state index in [-0.39, 0.29) is 23.2 Å². The lowest BCUT2D eigenvalue weighted by Gasteiger charge is -2.48. The van der Waals surface area contributed by atoms with Gasteiger partial charge in [-0.15, -0.1) is 0 Å². The smallest absolute Gasteiger partial charge is 0.248 e. The number of ether oxygens (including phenoxy) is 1. The van der Waals surface area contributed by atoms with Crippen molar-refractivity contribution in [2.75, 3.05) is 0 Å². The van der Waals surface area contributed by atoms with E-state index in [2.05, 4.69) is 24.9 Å². The molecule has 1 aromatic heterocycles. The minimum absolute atomic E-state index is 0.0539. The minimum Gasteiger partial charge on any atom is -0.363 e. The maximum absolute atomic E-state index is 11.5. The highest BCUT2D eigenvalue weighted by molar-refractivity contribution is 5.46. The van der Waals surface area contributed by atoms with Gasteiger partial charge in [-0.1, -0.05) is 11.6 Å². The molecule has 4 unspecified atom stereocenters. The molecule has 2 aliphatic carbocycles. The van der Waals surface area contributed by atoms with Gasteiger partial charge in [0.25, 0.3) is 0 Å². The predicted molar refractivity (Wildman–Crippen MR) is 71.8 cm³/mol. The third kappa shape index (κ3) is 1.19. The zero-order valence-electron chi connectivity index (χ0n) is 11.2. The number of nitrogens with two attached hydrogens (primary N) is 1. The van der Waals surface area contributed by atoms with Gasteiger partial charge in [0.15, 0.2) is 0 Å². The first-order valence-electron chi connectivity index (χ1n) is 6.84. The Kier molecular flexibility index (Phi) is 1.92. The monoisotopic (exact) mass is 258 g/mol. The standard InChI is InChI=1S/C15H18N2O2/c1-8-5-10-6-12-11(3-4-13(18)17-12)14(16,7-8)15(10)9(2)19-15/h3-5,9-10H,6-7,16H2,1-2H3,(H,17,18). The summed E-state index contributed by atoms with van der Waals surface area (Å²) in [4.78, 5) is 14.5. The molecule has 4 atom stereocenters. The average Bonchev–Trinajstić information content (AvgIpc) is 2.97. The van der Waals surface area contributed by atoms with Crippen molar-refractivity contribution in [1.82, 2.24) is 4.98 Å². The van der Waals surface area contributed by atoms with Crippen LogP contribution < -0.4 is 11.3 Å². The zero-order chi connectivity index (χ0) is 13.4. The predicted octanol–water partition coefficient (Wildman–Crippen LogP) is 1.21. The summed E-state index contributed by atoms with van der Waals surface area (Å²) in [5.74, 6) is 0.270. The van der Waals surface area contributed by atoms with Crippen LogP contribution in [0.15, 0.2) is 28.6 Å². The summed E-state index contributed by atoms with van der Waals surface area (Å²) >= 11 is 0. The van der Waals surface area contributed by atoms with Gasteiger partial charge >= 0.3 is 0 Å². The van der Waals surface area contributed by atoms with Gasteiger partial charge < -0.3 is 15.5 Å². The van der Waals surface area contributed by atoms with Gasteiger partial charge in [-0.05, 0) is 38.3 Å². The summed E-state index contributed by atoms with van der Waals surface area (Å²) in [5, 5.41) is 0. The van der Waals surface area contributed by atoms with Crippen LogP contribution in [-0.4, -0.2) is 16.7 Å². The number of nitrogens with one attached hydrogen (secondary N) is 1. The lowest BCUT2D eigenvalue weighted by atomic mass is 9.58. The number of fused-ring (bicyclic) bond motifs is 2. The first-order valence-corrected chi connectivity index (χ1v) is 6.84. The van der Waals surface area contributed by atoms with E-state index in [0.717, 1.165) is 24.1 Å². The lowest BCUT2D eigenvalue weighted by molar-refractivity contribution is 0.107.